The Morgan fingerprint density at radius 2 is 2.09 bits per heavy atom. The van der Waals surface area contributed by atoms with E-state index >= 15 is 0 Å². The first kappa shape index (κ1) is 14.2. The Bertz CT molecular complexity index is 746. The molecule has 1 atom stereocenters. The van der Waals surface area contributed by atoms with Crippen molar-refractivity contribution in [3.63, 3.8) is 0 Å². The van der Waals surface area contributed by atoms with E-state index in [9.17, 15) is 9.59 Å². The summed E-state index contributed by atoms with van der Waals surface area (Å²) in [4.78, 5) is 27.4. The van der Waals surface area contributed by atoms with Crippen LogP contribution in [0.3, 0.4) is 0 Å². The molecule has 1 aromatic heterocycles. The van der Waals surface area contributed by atoms with Gasteiger partial charge in [-0.2, -0.15) is 0 Å². The minimum Gasteiger partial charge on any atom is -0.493 e. The van der Waals surface area contributed by atoms with Gasteiger partial charge in [-0.3, -0.25) is 4.79 Å². The van der Waals surface area contributed by atoms with Gasteiger partial charge in [0.15, 0.2) is 6.10 Å². The highest BCUT2D eigenvalue weighted by molar-refractivity contribution is 6.10. The number of nitrogens with one attached hydrogen (secondary N) is 1. The fourth-order valence-corrected chi connectivity index (χ4v) is 2.24. The van der Waals surface area contributed by atoms with E-state index in [2.05, 4.69) is 4.98 Å². The number of hydrogen-bond acceptors (Lipinski definition) is 5. The van der Waals surface area contributed by atoms with E-state index in [1.54, 1.807) is 6.20 Å². The van der Waals surface area contributed by atoms with E-state index in [0.29, 0.717) is 12.2 Å². The number of para-hydroxylation sites is 1. The summed E-state index contributed by atoms with van der Waals surface area (Å²) in [6.07, 6.45) is 1.91. The SMILES string of the molecule is CC(OC(=O)C1=COCCO1)C(=O)c1c[nH]c2ccccc12. The first-order valence-electron chi connectivity index (χ1n) is 6.92. The number of fused-ring (bicyclic) bond motifs is 1. The molecule has 6 heteroatoms. The lowest BCUT2D eigenvalue weighted by atomic mass is 10.1. The van der Waals surface area contributed by atoms with Gasteiger partial charge < -0.3 is 19.2 Å². The Morgan fingerprint density at radius 3 is 2.86 bits per heavy atom. The lowest BCUT2D eigenvalue weighted by molar-refractivity contribution is -0.147. The van der Waals surface area contributed by atoms with Crippen LogP contribution in [0.4, 0.5) is 0 Å². The van der Waals surface area contributed by atoms with Crippen molar-refractivity contribution in [3.05, 3.63) is 48.0 Å². The van der Waals surface area contributed by atoms with Crippen LogP contribution >= 0.6 is 0 Å². The zero-order valence-corrected chi connectivity index (χ0v) is 12.0. The van der Waals surface area contributed by atoms with E-state index in [1.807, 2.05) is 24.3 Å². The van der Waals surface area contributed by atoms with Crippen molar-refractivity contribution >= 4 is 22.7 Å². The Morgan fingerprint density at radius 1 is 1.27 bits per heavy atom. The van der Waals surface area contributed by atoms with Crippen LogP contribution in [0.15, 0.2) is 42.5 Å². The predicted octanol–water partition coefficient (Wildman–Crippen LogP) is 2.17. The summed E-state index contributed by atoms with van der Waals surface area (Å²) in [7, 11) is 0. The monoisotopic (exact) mass is 301 g/mol. The van der Waals surface area contributed by atoms with E-state index in [4.69, 9.17) is 14.2 Å². The molecule has 0 fully saturated rings. The number of Topliss-reactive ketones (excluding diaryl/α,β-unsaturated/α-hetero) is 1. The Balaban J connectivity index is 1.74. The van der Waals surface area contributed by atoms with Gasteiger partial charge >= 0.3 is 5.97 Å². The third-order valence-corrected chi connectivity index (χ3v) is 3.36. The van der Waals surface area contributed by atoms with Crippen molar-refractivity contribution < 1.29 is 23.8 Å². The van der Waals surface area contributed by atoms with Gasteiger partial charge in [0.2, 0.25) is 11.5 Å². The van der Waals surface area contributed by atoms with Crippen molar-refractivity contribution in [1.82, 2.24) is 4.98 Å². The standard InChI is InChI=1S/C16H15NO5/c1-10(22-16(19)14-9-20-6-7-21-14)15(18)12-8-17-13-5-3-2-4-11(12)13/h2-5,8-10,17H,6-7H2,1H3. The zero-order valence-electron chi connectivity index (χ0n) is 12.0. The van der Waals surface area contributed by atoms with Gasteiger partial charge in [0.1, 0.15) is 19.5 Å². The molecule has 0 aliphatic carbocycles. The highest BCUT2D eigenvalue weighted by Crippen LogP contribution is 2.20. The van der Waals surface area contributed by atoms with E-state index in [-0.39, 0.29) is 18.1 Å². The molecule has 0 saturated heterocycles. The number of rotatable bonds is 4. The van der Waals surface area contributed by atoms with Crippen molar-refractivity contribution in [2.24, 2.45) is 0 Å². The largest absolute Gasteiger partial charge is 0.493 e. The summed E-state index contributed by atoms with van der Waals surface area (Å²) in [5.41, 5.74) is 1.35. The van der Waals surface area contributed by atoms with Crippen molar-refractivity contribution in [2.45, 2.75) is 13.0 Å². The third-order valence-electron chi connectivity index (χ3n) is 3.36. The zero-order chi connectivity index (χ0) is 15.5. The molecule has 1 unspecified atom stereocenters. The molecule has 3 rings (SSSR count). The topological polar surface area (TPSA) is 77.6 Å². The first-order chi connectivity index (χ1) is 10.7. The highest BCUT2D eigenvalue weighted by atomic mass is 16.6. The maximum atomic E-state index is 12.4. The predicted molar refractivity (Wildman–Crippen MR) is 78.2 cm³/mol. The molecular weight excluding hydrogens is 286 g/mol. The van der Waals surface area contributed by atoms with Crippen LogP contribution in [0.5, 0.6) is 0 Å². The number of aromatic nitrogens is 1. The Hall–Kier alpha value is -2.76. The fraction of sp³-hybridized carbons (Fsp3) is 0.250. The van der Waals surface area contributed by atoms with Crippen LogP contribution < -0.4 is 0 Å². The van der Waals surface area contributed by atoms with Crippen LogP contribution in [0, 0.1) is 0 Å². The number of benzene rings is 1. The molecule has 0 spiro atoms. The highest BCUT2D eigenvalue weighted by Gasteiger charge is 2.25. The van der Waals surface area contributed by atoms with Gasteiger partial charge in [-0.05, 0) is 13.0 Å². The molecule has 114 valence electrons. The van der Waals surface area contributed by atoms with Gasteiger partial charge in [0.05, 0.1) is 0 Å². The fourth-order valence-electron chi connectivity index (χ4n) is 2.24. The molecule has 0 bridgehead atoms. The number of ketones is 1. The van der Waals surface area contributed by atoms with E-state index in [0.717, 1.165) is 10.9 Å². The smallest absolute Gasteiger partial charge is 0.377 e. The Kier molecular flexibility index (Phi) is 3.82. The maximum Gasteiger partial charge on any atom is 0.377 e. The minimum absolute atomic E-state index is 0.0233. The summed E-state index contributed by atoms with van der Waals surface area (Å²) >= 11 is 0. The number of H-pyrrole nitrogens is 1. The normalized spacial score (nSPS) is 15.4. The lowest BCUT2D eigenvalue weighted by Crippen LogP contribution is -2.27. The molecule has 6 nitrogen and oxygen atoms in total. The van der Waals surface area contributed by atoms with Gasteiger partial charge in [-0.15, -0.1) is 0 Å². The number of esters is 1. The molecule has 1 N–H and O–H groups in total. The number of aromatic amines is 1. The molecule has 0 saturated carbocycles. The number of hydrogen-bond donors (Lipinski definition) is 1. The summed E-state index contributed by atoms with van der Waals surface area (Å²) in [6.45, 7) is 2.21. The third kappa shape index (κ3) is 2.67. The molecule has 1 aliphatic rings. The minimum atomic E-state index is -0.918. The number of carbonyl (C=O) groups excluding carboxylic acids is 2. The van der Waals surface area contributed by atoms with Gasteiger partial charge in [0.25, 0.3) is 0 Å². The number of carbonyl (C=O) groups is 2. The average molecular weight is 301 g/mol. The van der Waals surface area contributed by atoms with Crippen molar-refractivity contribution in [3.8, 4) is 0 Å². The van der Waals surface area contributed by atoms with Crippen LogP contribution in [0.1, 0.15) is 17.3 Å². The van der Waals surface area contributed by atoms with Crippen molar-refractivity contribution in [2.75, 3.05) is 13.2 Å². The van der Waals surface area contributed by atoms with Crippen LogP contribution in [-0.2, 0) is 19.0 Å². The molecule has 0 radical (unpaired) electrons. The molecule has 22 heavy (non-hydrogen) atoms. The second kappa shape index (κ2) is 5.93. The Labute approximate surface area is 126 Å². The summed E-state index contributed by atoms with van der Waals surface area (Å²) in [5, 5.41) is 0.798. The van der Waals surface area contributed by atoms with Gasteiger partial charge in [-0.1, -0.05) is 18.2 Å². The second-order valence-electron chi connectivity index (χ2n) is 4.86. The van der Waals surface area contributed by atoms with Gasteiger partial charge in [-0.25, -0.2) is 4.79 Å². The molecule has 1 aromatic carbocycles. The second-order valence-corrected chi connectivity index (χ2v) is 4.86. The lowest BCUT2D eigenvalue weighted by Gasteiger charge is -2.16. The number of ether oxygens (including phenoxy) is 3. The summed E-state index contributed by atoms with van der Waals surface area (Å²) in [6, 6.07) is 7.44. The maximum absolute atomic E-state index is 12.4. The van der Waals surface area contributed by atoms with Crippen LogP contribution in [0.25, 0.3) is 10.9 Å². The first-order valence-corrected chi connectivity index (χ1v) is 6.92. The molecule has 2 aromatic rings. The molecule has 2 heterocycles. The van der Waals surface area contributed by atoms with E-state index in [1.165, 1.54) is 13.2 Å². The van der Waals surface area contributed by atoms with Crippen LogP contribution in [0.2, 0.25) is 0 Å². The summed E-state index contributed by atoms with van der Waals surface area (Å²) < 4.78 is 15.3. The van der Waals surface area contributed by atoms with Crippen molar-refractivity contribution in [1.29, 1.82) is 0 Å². The van der Waals surface area contributed by atoms with Gasteiger partial charge in [0, 0.05) is 22.7 Å². The van der Waals surface area contributed by atoms with Crippen LogP contribution in [-0.4, -0.2) is 36.1 Å². The van der Waals surface area contributed by atoms with E-state index < -0.39 is 12.1 Å². The summed E-state index contributed by atoms with van der Waals surface area (Å²) in [5.74, 6) is -1.01. The average Bonchev–Trinajstić information content (AvgIpc) is 2.99. The molecule has 1 aliphatic heterocycles. The molecular formula is C16H15NO5. The quantitative estimate of drug-likeness (QED) is 0.691. The molecule has 0 amide bonds.